The molecule has 0 unspecified atom stereocenters. The number of carbonyl (C=O) groups is 1. The van der Waals surface area contributed by atoms with E-state index >= 15 is 0 Å². The lowest BCUT2D eigenvalue weighted by Crippen LogP contribution is -2.20. The number of carbonyl (C=O) groups excluding carboxylic acids is 1. The molecule has 7 heteroatoms. The molecular weight excluding hydrogens is 308 g/mol. The van der Waals surface area contributed by atoms with Gasteiger partial charge >= 0.3 is 5.97 Å². The quantitative estimate of drug-likeness (QED) is 0.490. The Kier molecular flexibility index (Phi) is 4.03. The minimum atomic E-state index is -0.247. The van der Waals surface area contributed by atoms with Gasteiger partial charge in [-0.25, -0.2) is 4.98 Å². The van der Waals surface area contributed by atoms with Crippen LogP contribution in [0.1, 0.15) is 23.3 Å². The number of thioether (sulfide) groups is 1. The normalized spacial score (nSPS) is 13.6. The standard InChI is InChI=1S/C14H16N2O3S2/c1-16-13(18)11-8-4-3-5-9(8)21-12(11)15-14(16)20-7-6-10(17)19-2/h3-7H2,1-2H3. The van der Waals surface area contributed by atoms with E-state index in [1.54, 1.807) is 23.0 Å². The molecule has 0 fully saturated rings. The van der Waals surface area contributed by atoms with Crippen molar-refractivity contribution in [1.82, 2.24) is 9.55 Å². The number of aromatic nitrogens is 2. The summed E-state index contributed by atoms with van der Waals surface area (Å²) in [6.45, 7) is 0. The molecule has 1 aliphatic carbocycles. The number of methoxy groups -OCH3 is 1. The Labute approximate surface area is 130 Å². The fourth-order valence-electron chi connectivity index (χ4n) is 2.56. The van der Waals surface area contributed by atoms with Gasteiger partial charge in [-0.3, -0.25) is 14.2 Å². The molecule has 0 atom stereocenters. The van der Waals surface area contributed by atoms with E-state index in [-0.39, 0.29) is 11.5 Å². The first-order chi connectivity index (χ1) is 10.1. The van der Waals surface area contributed by atoms with E-state index in [0.717, 1.165) is 29.5 Å². The number of hydrogen-bond acceptors (Lipinski definition) is 6. The second-order valence-corrected chi connectivity index (χ2v) is 7.12. The van der Waals surface area contributed by atoms with E-state index < -0.39 is 0 Å². The van der Waals surface area contributed by atoms with Crippen LogP contribution in [0.4, 0.5) is 0 Å². The summed E-state index contributed by atoms with van der Waals surface area (Å²) >= 11 is 3.06. The highest BCUT2D eigenvalue weighted by atomic mass is 32.2. The number of aryl methyl sites for hydroxylation is 2. The lowest BCUT2D eigenvalue weighted by molar-refractivity contribution is -0.140. The van der Waals surface area contributed by atoms with Crippen molar-refractivity contribution in [3.63, 3.8) is 0 Å². The average molecular weight is 324 g/mol. The Morgan fingerprint density at radius 3 is 3.05 bits per heavy atom. The molecule has 5 nitrogen and oxygen atoms in total. The molecular formula is C14H16N2O3S2. The maximum absolute atomic E-state index is 12.5. The number of esters is 1. The van der Waals surface area contributed by atoms with Crippen LogP contribution in [-0.4, -0.2) is 28.4 Å². The highest BCUT2D eigenvalue weighted by Gasteiger charge is 2.22. The van der Waals surface area contributed by atoms with Crippen molar-refractivity contribution in [3.8, 4) is 0 Å². The van der Waals surface area contributed by atoms with Crippen molar-refractivity contribution in [2.75, 3.05) is 12.9 Å². The predicted octanol–water partition coefficient (Wildman–Crippen LogP) is 2.14. The van der Waals surface area contributed by atoms with Crippen LogP contribution in [0.5, 0.6) is 0 Å². The fraction of sp³-hybridized carbons (Fsp3) is 0.500. The van der Waals surface area contributed by atoms with E-state index in [0.29, 0.717) is 17.3 Å². The summed E-state index contributed by atoms with van der Waals surface area (Å²) in [5.41, 5.74) is 1.23. The van der Waals surface area contributed by atoms with Crippen LogP contribution in [0.2, 0.25) is 0 Å². The lowest BCUT2D eigenvalue weighted by Gasteiger charge is -2.07. The molecule has 0 radical (unpaired) electrons. The molecule has 1 aliphatic rings. The summed E-state index contributed by atoms with van der Waals surface area (Å²) in [6, 6.07) is 0. The Balaban J connectivity index is 1.92. The summed E-state index contributed by atoms with van der Waals surface area (Å²) in [7, 11) is 3.12. The van der Waals surface area contributed by atoms with Gasteiger partial charge in [0.15, 0.2) is 5.16 Å². The molecule has 0 N–H and O–H groups in total. The van der Waals surface area contributed by atoms with Gasteiger partial charge in [0.2, 0.25) is 0 Å². The minimum absolute atomic E-state index is 0.0277. The summed E-state index contributed by atoms with van der Waals surface area (Å²) in [6.07, 6.45) is 3.50. The summed E-state index contributed by atoms with van der Waals surface area (Å²) < 4.78 is 6.21. The molecule has 21 heavy (non-hydrogen) atoms. The van der Waals surface area contributed by atoms with Gasteiger partial charge in [-0.2, -0.15) is 0 Å². The molecule has 2 aromatic rings. The van der Waals surface area contributed by atoms with E-state index in [1.807, 2.05) is 0 Å². The lowest BCUT2D eigenvalue weighted by atomic mass is 10.2. The van der Waals surface area contributed by atoms with Crippen LogP contribution in [0.15, 0.2) is 9.95 Å². The van der Waals surface area contributed by atoms with Crippen LogP contribution in [0.25, 0.3) is 10.2 Å². The van der Waals surface area contributed by atoms with Crippen molar-refractivity contribution < 1.29 is 9.53 Å². The molecule has 0 saturated heterocycles. The number of hydrogen-bond donors (Lipinski definition) is 0. The molecule has 0 saturated carbocycles. The minimum Gasteiger partial charge on any atom is -0.469 e. The van der Waals surface area contributed by atoms with Crippen LogP contribution in [-0.2, 0) is 29.4 Å². The van der Waals surface area contributed by atoms with Gasteiger partial charge in [0.1, 0.15) is 4.83 Å². The van der Waals surface area contributed by atoms with Crippen molar-refractivity contribution in [2.45, 2.75) is 30.8 Å². The van der Waals surface area contributed by atoms with E-state index in [9.17, 15) is 9.59 Å². The van der Waals surface area contributed by atoms with Crippen molar-refractivity contribution >= 4 is 39.3 Å². The van der Waals surface area contributed by atoms with Crippen LogP contribution >= 0.6 is 23.1 Å². The molecule has 0 aromatic carbocycles. The van der Waals surface area contributed by atoms with Gasteiger partial charge in [-0.1, -0.05) is 11.8 Å². The molecule has 3 rings (SSSR count). The van der Waals surface area contributed by atoms with Crippen molar-refractivity contribution in [3.05, 3.63) is 20.8 Å². The zero-order valence-electron chi connectivity index (χ0n) is 12.0. The van der Waals surface area contributed by atoms with Crippen LogP contribution in [0.3, 0.4) is 0 Å². The molecule has 2 heterocycles. The Bertz CT molecular complexity index is 764. The first-order valence-corrected chi connectivity index (χ1v) is 8.63. The third-order valence-electron chi connectivity index (χ3n) is 3.67. The molecule has 0 amide bonds. The largest absolute Gasteiger partial charge is 0.469 e. The number of nitrogens with zero attached hydrogens (tertiary/aromatic N) is 2. The number of ether oxygens (including phenoxy) is 1. The fourth-order valence-corrected chi connectivity index (χ4v) is 4.76. The highest BCUT2D eigenvalue weighted by Crippen LogP contribution is 2.35. The molecule has 0 spiro atoms. The van der Waals surface area contributed by atoms with Gasteiger partial charge in [0, 0.05) is 17.7 Å². The summed E-state index contributed by atoms with van der Waals surface area (Å²) in [4.78, 5) is 30.4. The third-order valence-corrected chi connectivity index (χ3v) is 5.89. The van der Waals surface area contributed by atoms with Gasteiger partial charge in [0.05, 0.1) is 18.9 Å². The zero-order chi connectivity index (χ0) is 15.0. The van der Waals surface area contributed by atoms with Crippen molar-refractivity contribution in [2.24, 2.45) is 7.05 Å². The third kappa shape index (κ3) is 2.60. The molecule has 0 bridgehead atoms. The molecule has 112 valence electrons. The van der Waals surface area contributed by atoms with Crippen molar-refractivity contribution in [1.29, 1.82) is 0 Å². The predicted molar refractivity (Wildman–Crippen MR) is 84.2 cm³/mol. The SMILES string of the molecule is COC(=O)CCSc1nc2sc3c(c2c(=O)n1C)CCC3. The van der Waals surface area contributed by atoms with Gasteiger partial charge in [0.25, 0.3) is 5.56 Å². The van der Waals surface area contributed by atoms with E-state index in [2.05, 4.69) is 9.72 Å². The van der Waals surface area contributed by atoms with Gasteiger partial charge in [-0.15, -0.1) is 11.3 Å². The number of thiophene rings is 1. The Hall–Kier alpha value is -1.34. The van der Waals surface area contributed by atoms with E-state index in [1.165, 1.54) is 29.3 Å². The highest BCUT2D eigenvalue weighted by molar-refractivity contribution is 7.99. The Morgan fingerprint density at radius 2 is 2.29 bits per heavy atom. The average Bonchev–Trinajstić information content (AvgIpc) is 3.04. The van der Waals surface area contributed by atoms with Crippen LogP contribution < -0.4 is 5.56 Å². The molecule has 0 aliphatic heterocycles. The first-order valence-electron chi connectivity index (χ1n) is 6.82. The van der Waals surface area contributed by atoms with E-state index in [4.69, 9.17) is 0 Å². The maximum atomic E-state index is 12.5. The second kappa shape index (κ2) is 5.81. The number of rotatable bonds is 4. The maximum Gasteiger partial charge on any atom is 0.306 e. The summed E-state index contributed by atoms with van der Waals surface area (Å²) in [5, 5.41) is 1.46. The smallest absolute Gasteiger partial charge is 0.306 e. The second-order valence-electron chi connectivity index (χ2n) is 4.97. The summed E-state index contributed by atoms with van der Waals surface area (Å²) in [5.74, 6) is 0.312. The monoisotopic (exact) mass is 324 g/mol. The van der Waals surface area contributed by atoms with Gasteiger partial charge in [-0.05, 0) is 24.8 Å². The van der Waals surface area contributed by atoms with Gasteiger partial charge < -0.3 is 4.74 Å². The zero-order valence-corrected chi connectivity index (χ0v) is 13.6. The topological polar surface area (TPSA) is 61.2 Å². The first kappa shape index (κ1) is 14.6. The van der Waals surface area contributed by atoms with Crippen LogP contribution in [0, 0.1) is 0 Å². The Morgan fingerprint density at radius 1 is 1.48 bits per heavy atom. The molecule has 2 aromatic heterocycles. The number of fused-ring (bicyclic) bond motifs is 3.